The fourth-order valence-electron chi connectivity index (χ4n) is 4.59. The topological polar surface area (TPSA) is 71.5 Å². The lowest BCUT2D eigenvalue weighted by atomic mass is 9.85. The van der Waals surface area contributed by atoms with Crippen LogP contribution in [0, 0.1) is 17.6 Å². The summed E-state index contributed by atoms with van der Waals surface area (Å²) in [6.07, 6.45) is 5.02. The minimum Gasteiger partial charge on any atom is -0.468 e. The van der Waals surface area contributed by atoms with E-state index in [0.717, 1.165) is 44.2 Å². The van der Waals surface area contributed by atoms with Crippen LogP contribution in [0.15, 0.2) is 23.6 Å². The number of nitrogens with zero attached hydrogens (tertiary/aromatic N) is 2. The molecule has 30 heavy (non-hydrogen) atoms. The summed E-state index contributed by atoms with van der Waals surface area (Å²) in [6.45, 7) is 0.0843. The third-order valence-electron chi connectivity index (χ3n) is 5.99. The van der Waals surface area contributed by atoms with Crippen molar-refractivity contribution in [2.75, 3.05) is 19.0 Å². The maximum Gasteiger partial charge on any atom is 0.323 e. The molecule has 9 heteroatoms. The summed E-state index contributed by atoms with van der Waals surface area (Å²) in [5, 5.41) is 4.81. The molecule has 6 nitrogen and oxygen atoms in total. The van der Waals surface area contributed by atoms with E-state index in [-0.39, 0.29) is 24.5 Å². The van der Waals surface area contributed by atoms with Crippen LogP contribution in [0.1, 0.15) is 32.1 Å². The third-order valence-corrected chi connectivity index (χ3v) is 6.74. The summed E-state index contributed by atoms with van der Waals surface area (Å²) in [5.74, 6) is -2.02. The van der Waals surface area contributed by atoms with Crippen LogP contribution in [0.3, 0.4) is 0 Å². The number of carbonyl (C=O) groups is 2. The molecule has 3 atom stereocenters. The molecule has 0 spiro atoms. The first-order valence-corrected chi connectivity index (χ1v) is 10.9. The highest BCUT2D eigenvalue weighted by Crippen LogP contribution is 2.40. The molecule has 1 N–H and O–H groups in total. The van der Waals surface area contributed by atoms with Gasteiger partial charge in [0.1, 0.15) is 6.04 Å². The molecule has 2 heterocycles. The van der Waals surface area contributed by atoms with Gasteiger partial charge in [-0.15, -0.1) is 11.3 Å². The zero-order chi connectivity index (χ0) is 21.3. The number of amides is 1. The maximum absolute atomic E-state index is 13.5. The normalized spacial score (nSPS) is 23.8. The summed E-state index contributed by atoms with van der Waals surface area (Å²) < 4.78 is 31.6. The lowest BCUT2D eigenvalue weighted by molar-refractivity contribution is -0.146. The molecule has 160 valence electrons. The highest BCUT2D eigenvalue weighted by atomic mass is 32.1. The molecule has 1 aromatic carbocycles. The second kappa shape index (κ2) is 8.77. The van der Waals surface area contributed by atoms with Crippen molar-refractivity contribution in [3.63, 3.8) is 0 Å². The van der Waals surface area contributed by atoms with Crippen molar-refractivity contribution in [3.8, 4) is 11.3 Å². The van der Waals surface area contributed by atoms with Crippen LogP contribution >= 0.6 is 11.3 Å². The lowest BCUT2D eigenvalue weighted by Gasteiger charge is -2.32. The third kappa shape index (κ3) is 4.22. The van der Waals surface area contributed by atoms with Crippen molar-refractivity contribution >= 4 is 28.3 Å². The minimum atomic E-state index is -0.948. The van der Waals surface area contributed by atoms with Crippen LogP contribution in [0.2, 0.25) is 0 Å². The van der Waals surface area contributed by atoms with Gasteiger partial charge in [-0.25, -0.2) is 13.8 Å². The van der Waals surface area contributed by atoms with E-state index in [1.165, 1.54) is 24.5 Å². The van der Waals surface area contributed by atoms with E-state index in [0.29, 0.717) is 22.3 Å². The van der Waals surface area contributed by atoms with E-state index in [4.69, 9.17) is 4.74 Å². The van der Waals surface area contributed by atoms with E-state index in [9.17, 15) is 18.4 Å². The molecule has 1 aromatic heterocycles. The number of likely N-dealkylation sites (tertiary alicyclic amines) is 1. The number of esters is 1. The van der Waals surface area contributed by atoms with Gasteiger partial charge in [-0.05, 0) is 43.4 Å². The van der Waals surface area contributed by atoms with Gasteiger partial charge < -0.3 is 10.1 Å². The van der Waals surface area contributed by atoms with E-state index < -0.39 is 17.7 Å². The fourth-order valence-corrected chi connectivity index (χ4v) is 5.33. The molecule has 2 fully saturated rings. The molecule has 1 saturated heterocycles. The van der Waals surface area contributed by atoms with E-state index in [1.54, 1.807) is 5.38 Å². The van der Waals surface area contributed by atoms with Crippen LogP contribution in [-0.4, -0.2) is 47.5 Å². The number of anilines is 1. The van der Waals surface area contributed by atoms with Gasteiger partial charge in [-0.2, -0.15) is 0 Å². The quantitative estimate of drug-likeness (QED) is 0.723. The molecule has 4 rings (SSSR count). The van der Waals surface area contributed by atoms with Crippen molar-refractivity contribution in [1.82, 2.24) is 9.88 Å². The number of hydrogen-bond acceptors (Lipinski definition) is 6. The second-order valence-corrected chi connectivity index (χ2v) is 8.63. The number of rotatable bonds is 5. The van der Waals surface area contributed by atoms with Gasteiger partial charge in [0.25, 0.3) is 0 Å². The Bertz CT molecular complexity index is 951. The van der Waals surface area contributed by atoms with Crippen molar-refractivity contribution < 1.29 is 23.1 Å². The second-order valence-electron chi connectivity index (χ2n) is 7.77. The summed E-state index contributed by atoms with van der Waals surface area (Å²) in [6, 6.07) is 3.37. The predicted molar refractivity (Wildman–Crippen MR) is 109 cm³/mol. The first-order chi connectivity index (χ1) is 14.5. The number of ether oxygens (including phenoxy) is 1. The Balaban J connectivity index is 1.44. The smallest absolute Gasteiger partial charge is 0.323 e. The molecular formula is C21H23F2N3O3S. The number of hydrogen-bond donors (Lipinski definition) is 1. The van der Waals surface area contributed by atoms with E-state index >= 15 is 0 Å². The average Bonchev–Trinajstić information content (AvgIpc) is 3.34. The largest absolute Gasteiger partial charge is 0.468 e. The molecule has 2 aromatic rings. The van der Waals surface area contributed by atoms with Gasteiger partial charge in [-0.3, -0.25) is 14.5 Å². The fraction of sp³-hybridized carbons (Fsp3) is 0.476. The molecule has 2 aliphatic rings. The molecule has 1 aliphatic heterocycles. The van der Waals surface area contributed by atoms with Crippen molar-refractivity contribution in [3.05, 3.63) is 35.2 Å². The van der Waals surface area contributed by atoms with Crippen molar-refractivity contribution in [1.29, 1.82) is 0 Å². The summed E-state index contributed by atoms with van der Waals surface area (Å²) in [7, 11) is 1.37. The van der Waals surface area contributed by atoms with Crippen LogP contribution in [0.5, 0.6) is 0 Å². The standard InChI is InChI=1S/C21H23F2N3O3S/c1-29-20(28)18-9-13-4-2-3-5-17(13)26(18)10-19(27)25-21-24-16(11-30-21)12-6-7-14(22)15(23)8-12/h6-8,11,13,17-18H,2-5,9-10H2,1H3,(H,24,25,27). The molecule has 0 radical (unpaired) electrons. The van der Waals surface area contributed by atoms with Crippen LogP contribution in [-0.2, 0) is 14.3 Å². The Labute approximate surface area is 177 Å². The minimum absolute atomic E-state index is 0.0843. The van der Waals surface area contributed by atoms with Gasteiger partial charge in [0.15, 0.2) is 16.8 Å². The van der Waals surface area contributed by atoms with Crippen LogP contribution in [0.4, 0.5) is 13.9 Å². The Morgan fingerprint density at radius 3 is 2.83 bits per heavy atom. The Morgan fingerprint density at radius 2 is 2.07 bits per heavy atom. The summed E-state index contributed by atoms with van der Waals surface area (Å²) in [5.41, 5.74) is 0.885. The number of carbonyl (C=O) groups excluding carboxylic acids is 2. The Kier molecular flexibility index (Phi) is 6.10. The van der Waals surface area contributed by atoms with Gasteiger partial charge in [0.2, 0.25) is 5.91 Å². The average molecular weight is 435 g/mol. The first-order valence-electron chi connectivity index (χ1n) is 10.0. The van der Waals surface area contributed by atoms with Crippen molar-refractivity contribution in [2.24, 2.45) is 5.92 Å². The Morgan fingerprint density at radius 1 is 1.27 bits per heavy atom. The first kappa shape index (κ1) is 20.9. The van der Waals surface area contributed by atoms with E-state index in [2.05, 4.69) is 10.3 Å². The zero-order valence-corrected chi connectivity index (χ0v) is 17.4. The van der Waals surface area contributed by atoms with Gasteiger partial charge in [-0.1, -0.05) is 12.8 Å². The van der Waals surface area contributed by atoms with Crippen LogP contribution < -0.4 is 5.32 Å². The highest BCUT2D eigenvalue weighted by Gasteiger charge is 2.46. The molecule has 1 aliphatic carbocycles. The van der Waals surface area contributed by atoms with E-state index in [1.807, 2.05) is 4.90 Å². The number of nitrogens with one attached hydrogen (secondary N) is 1. The highest BCUT2D eigenvalue weighted by molar-refractivity contribution is 7.14. The van der Waals surface area contributed by atoms with Crippen LogP contribution in [0.25, 0.3) is 11.3 Å². The molecule has 0 bridgehead atoms. The molecular weight excluding hydrogens is 412 g/mol. The Hall–Kier alpha value is -2.39. The maximum atomic E-state index is 13.5. The number of fused-ring (bicyclic) bond motifs is 1. The zero-order valence-electron chi connectivity index (χ0n) is 16.6. The monoisotopic (exact) mass is 435 g/mol. The number of thiazole rings is 1. The summed E-state index contributed by atoms with van der Waals surface area (Å²) >= 11 is 1.21. The lowest BCUT2D eigenvalue weighted by Crippen LogP contribution is -2.46. The van der Waals surface area contributed by atoms with Gasteiger partial charge in [0, 0.05) is 17.0 Å². The van der Waals surface area contributed by atoms with Gasteiger partial charge in [0.05, 0.1) is 19.3 Å². The SMILES string of the molecule is COC(=O)C1CC2CCCCC2N1CC(=O)Nc1nc(-c2ccc(F)c(F)c2)cs1. The summed E-state index contributed by atoms with van der Waals surface area (Å²) in [4.78, 5) is 31.2. The number of methoxy groups -OCH3 is 1. The molecule has 3 unspecified atom stereocenters. The number of halogens is 2. The molecule has 1 amide bonds. The number of benzene rings is 1. The predicted octanol–water partition coefficient (Wildman–Crippen LogP) is 3.83. The van der Waals surface area contributed by atoms with Gasteiger partial charge >= 0.3 is 5.97 Å². The molecule has 1 saturated carbocycles. The van der Waals surface area contributed by atoms with Crippen molar-refractivity contribution in [2.45, 2.75) is 44.2 Å². The number of aromatic nitrogens is 1.